The third-order valence-electron chi connectivity index (χ3n) is 5.81. The quantitative estimate of drug-likeness (QED) is 0.423. The number of rotatable bonds is 7. The van der Waals surface area contributed by atoms with Crippen LogP contribution in [-0.4, -0.2) is 41.7 Å². The molecule has 0 spiro atoms. The average molecular weight is 470 g/mol. The molecule has 0 unspecified atom stereocenters. The van der Waals surface area contributed by atoms with Crippen LogP contribution in [0.15, 0.2) is 60.7 Å². The molecule has 0 atom stereocenters. The first kappa shape index (κ1) is 22.5. The average Bonchev–Trinajstić information content (AvgIpc) is 3.50. The Bertz CT molecular complexity index is 1360. The van der Waals surface area contributed by atoms with Crippen LogP contribution >= 0.6 is 0 Å². The van der Waals surface area contributed by atoms with Gasteiger partial charge in [0.2, 0.25) is 12.7 Å². The molecule has 35 heavy (non-hydrogen) atoms. The molecule has 178 valence electrons. The number of anilines is 1. The summed E-state index contributed by atoms with van der Waals surface area (Å²) in [5, 5.41) is 2.97. The molecule has 0 aliphatic carbocycles. The van der Waals surface area contributed by atoms with Crippen LogP contribution in [0.3, 0.4) is 0 Å². The Morgan fingerprint density at radius 2 is 1.83 bits per heavy atom. The minimum atomic E-state index is -0.0705. The number of ether oxygens (including phenoxy) is 2. The summed E-state index contributed by atoms with van der Waals surface area (Å²) in [5.41, 5.74) is 6.15. The molecule has 0 radical (unpaired) electrons. The van der Waals surface area contributed by atoms with Gasteiger partial charge >= 0.3 is 0 Å². The molecule has 8 heteroatoms. The SMILES string of the molecule is Cc1cccc(-c2[nH]c(CNC(=O)Cc3ccc(N(C)C)cc3)nc2-c2ccc3c(c2)OCO3)n1. The van der Waals surface area contributed by atoms with E-state index in [9.17, 15) is 4.79 Å². The van der Waals surface area contributed by atoms with Crippen LogP contribution in [0.25, 0.3) is 22.6 Å². The minimum absolute atomic E-state index is 0.0705. The molecule has 8 nitrogen and oxygen atoms in total. The molecule has 0 fully saturated rings. The molecule has 2 N–H and O–H groups in total. The van der Waals surface area contributed by atoms with E-state index in [1.807, 2.05) is 86.6 Å². The Balaban J connectivity index is 1.36. The first-order valence-electron chi connectivity index (χ1n) is 11.4. The van der Waals surface area contributed by atoms with Crippen molar-refractivity contribution in [3.63, 3.8) is 0 Å². The number of hydrogen-bond acceptors (Lipinski definition) is 6. The molecule has 1 amide bonds. The Kier molecular flexibility index (Phi) is 6.10. The highest BCUT2D eigenvalue weighted by molar-refractivity contribution is 5.80. The lowest BCUT2D eigenvalue weighted by molar-refractivity contribution is -0.120. The van der Waals surface area contributed by atoms with E-state index in [0.717, 1.165) is 39.6 Å². The number of pyridine rings is 1. The Morgan fingerprint density at radius 1 is 1.03 bits per heavy atom. The summed E-state index contributed by atoms with van der Waals surface area (Å²) in [4.78, 5) is 27.5. The number of nitrogens with zero attached hydrogens (tertiary/aromatic N) is 3. The van der Waals surface area contributed by atoms with Gasteiger partial charge in [0.1, 0.15) is 5.82 Å². The van der Waals surface area contributed by atoms with Gasteiger partial charge in [0.05, 0.1) is 30.0 Å². The largest absolute Gasteiger partial charge is 0.454 e. The summed E-state index contributed by atoms with van der Waals surface area (Å²) < 4.78 is 11.0. The van der Waals surface area contributed by atoms with Crippen LogP contribution < -0.4 is 19.7 Å². The first-order valence-corrected chi connectivity index (χ1v) is 11.4. The Morgan fingerprint density at radius 3 is 2.60 bits per heavy atom. The van der Waals surface area contributed by atoms with Gasteiger partial charge in [-0.25, -0.2) is 4.98 Å². The summed E-state index contributed by atoms with van der Waals surface area (Å²) in [6, 6.07) is 19.6. The van der Waals surface area contributed by atoms with Gasteiger partial charge in [-0.3, -0.25) is 9.78 Å². The van der Waals surface area contributed by atoms with Gasteiger partial charge in [0.15, 0.2) is 11.5 Å². The van der Waals surface area contributed by atoms with Gasteiger partial charge in [-0.15, -0.1) is 0 Å². The van der Waals surface area contributed by atoms with Crippen molar-refractivity contribution in [1.29, 1.82) is 0 Å². The van der Waals surface area contributed by atoms with Crippen molar-refractivity contribution in [1.82, 2.24) is 20.3 Å². The molecule has 1 aliphatic heterocycles. The molecule has 0 bridgehead atoms. The number of nitrogens with one attached hydrogen (secondary N) is 2. The molecule has 3 heterocycles. The first-order chi connectivity index (χ1) is 17.0. The van der Waals surface area contributed by atoms with Crippen molar-refractivity contribution in [2.24, 2.45) is 0 Å². The number of imidazole rings is 1. The number of fused-ring (bicyclic) bond motifs is 1. The van der Waals surface area contributed by atoms with Crippen molar-refractivity contribution >= 4 is 11.6 Å². The number of aryl methyl sites for hydroxylation is 1. The van der Waals surface area contributed by atoms with Crippen LogP contribution in [0.4, 0.5) is 5.69 Å². The van der Waals surface area contributed by atoms with Gasteiger partial charge in [-0.2, -0.15) is 0 Å². The van der Waals surface area contributed by atoms with E-state index in [1.165, 1.54) is 0 Å². The van der Waals surface area contributed by atoms with E-state index in [2.05, 4.69) is 15.3 Å². The van der Waals surface area contributed by atoms with Crippen molar-refractivity contribution in [3.05, 3.63) is 77.7 Å². The maximum Gasteiger partial charge on any atom is 0.231 e. The van der Waals surface area contributed by atoms with E-state index in [-0.39, 0.29) is 19.2 Å². The predicted molar refractivity (Wildman–Crippen MR) is 134 cm³/mol. The van der Waals surface area contributed by atoms with E-state index < -0.39 is 0 Å². The molecule has 0 saturated carbocycles. The lowest BCUT2D eigenvalue weighted by Gasteiger charge is -2.12. The molecule has 2 aromatic carbocycles. The number of aromatic nitrogens is 3. The highest BCUT2D eigenvalue weighted by atomic mass is 16.7. The maximum atomic E-state index is 12.6. The Labute approximate surface area is 203 Å². The van der Waals surface area contributed by atoms with Crippen LogP contribution in [0, 0.1) is 6.92 Å². The predicted octanol–water partition coefficient (Wildman–Crippen LogP) is 4.10. The third kappa shape index (κ3) is 4.96. The topological polar surface area (TPSA) is 92.4 Å². The normalized spacial score (nSPS) is 12.0. The monoisotopic (exact) mass is 469 g/mol. The Hall–Kier alpha value is -4.33. The van der Waals surface area contributed by atoms with Crippen LogP contribution in [0.5, 0.6) is 11.5 Å². The van der Waals surface area contributed by atoms with Crippen molar-refractivity contribution in [2.45, 2.75) is 19.9 Å². The summed E-state index contributed by atoms with van der Waals surface area (Å²) in [7, 11) is 3.98. The molecular formula is C27H27N5O3. The molecular weight excluding hydrogens is 442 g/mol. The molecule has 4 aromatic rings. The van der Waals surface area contributed by atoms with Crippen LogP contribution in [0.1, 0.15) is 17.1 Å². The number of aromatic amines is 1. The number of benzene rings is 2. The van der Waals surface area contributed by atoms with E-state index in [1.54, 1.807) is 0 Å². The van der Waals surface area contributed by atoms with E-state index >= 15 is 0 Å². The molecule has 0 saturated heterocycles. The summed E-state index contributed by atoms with van der Waals surface area (Å²) in [6.07, 6.45) is 0.301. The smallest absolute Gasteiger partial charge is 0.231 e. The third-order valence-corrected chi connectivity index (χ3v) is 5.81. The zero-order chi connectivity index (χ0) is 24.4. The second kappa shape index (κ2) is 9.50. The second-order valence-corrected chi connectivity index (χ2v) is 8.65. The molecule has 5 rings (SSSR count). The van der Waals surface area contributed by atoms with Gasteiger partial charge in [-0.1, -0.05) is 18.2 Å². The zero-order valence-electron chi connectivity index (χ0n) is 20.0. The maximum absolute atomic E-state index is 12.6. The van der Waals surface area contributed by atoms with Crippen LogP contribution in [-0.2, 0) is 17.8 Å². The number of amides is 1. The lowest BCUT2D eigenvalue weighted by Crippen LogP contribution is -2.25. The number of H-pyrrole nitrogens is 1. The second-order valence-electron chi connectivity index (χ2n) is 8.65. The summed E-state index contributed by atoms with van der Waals surface area (Å²) in [5.74, 6) is 1.97. The van der Waals surface area contributed by atoms with Crippen molar-refractivity contribution < 1.29 is 14.3 Å². The summed E-state index contributed by atoms with van der Waals surface area (Å²) in [6.45, 7) is 2.44. The number of carbonyl (C=O) groups excluding carboxylic acids is 1. The highest BCUT2D eigenvalue weighted by Crippen LogP contribution is 2.38. The van der Waals surface area contributed by atoms with Gasteiger partial charge < -0.3 is 24.7 Å². The van der Waals surface area contributed by atoms with E-state index in [4.69, 9.17) is 14.5 Å². The molecule has 1 aliphatic rings. The fourth-order valence-electron chi connectivity index (χ4n) is 3.97. The standard InChI is InChI=1S/C27H27N5O3/c1-17-5-4-6-21(29-17)27-26(19-9-12-22-23(14-19)35-16-34-22)30-24(31-27)15-28-25(33)13-18-7-10-20(11-8-18)32(2)3/h4-12,14H,13,15-16H2,1-3H3,(H,28,33)(H,30,31). The fraction of sp³-hybridized carbons (Fsp3) is 0.222. The van der Waals surface area contributed by atoms with Gasteiger partial charge in [0.25, 0.3) is 0 Å². The lowest BCUT2D eigenvalue weighted by atomic mass is 10.1. The zero-order valence-corrected chi connectivity index (χ0v) is 20.0. The molecule has 2 aromatic heterocycles. The van der Waals surface area contributed by atoms with E-state index in [0.29, 0.717) is 23.7 Å². The van der Waals surface area contributed by atoms with Crippen molar-refractivity contribution in [2.75, 3.05) is 25.8 Å². The fourth-order valence-corrected chi connectivity index (χ4v) is 3.97. The van der Waals surface area contributed by atoms with Crippen LogP contribution in [0.2, 0.25) is 0 Å². The highest BCUT2D eigenvalue weighted by Gasteiger charge is 2.20. The number of hydrogen-bond donors (Lipinski definition) is 2. The van der Waals surface area contributed by atoms with Gasteiger partial charge in [0, 0.05) is 31.0 Å². The van der Waals surface area contributed by atoms with Crippen molar-refractivity contribution in [3.8, 4) is 34.1 Å². The van der Waals surface area contributed by atoms with Gasteiger partial charge in [-0.05, 0) is 55.0 Å². The minimum Gasteiger partial charge on any atom is -0.454 e. The number of carbonyl (C=O) groups is 1. The summed E-state index contributed by atoms with van der Waals surface area (Å²) >= 11 is 0.